The van der Waals surface area contributed by atoms with Crippen LogP contribution >= 0.6 is 0 Å². The number of primary amides is 1. The van der Waals surface area contributed by atoms with Gasteiger partial charge in [0, 0.05) is 30.5 Å². The van der Waals surface area contributed by atoms with Crippen LogP contribution in [0.25, 0.3) is 5.70 Å². The molecule has 0 radical (unpaired) electrons. The molecule has 1 aliphatic carbocycles. The van der Waals surface area contributed by atoms with Crippen molar-refractivity contribution in [3.8, 4) is 0 Å². The van der Waals surface area contributed by atoms with Crippen LogP contribution in [0.1, 0.15) is 31.2 Å². The van der Waals surface area contributed by atoms with E-state index in [0.717, 1.165) is 12.8 Å². The van der Waals surface area contributed by atoms with Crippen LogP contribution in [0.2, 0.25) is 0 Å². The number of benzene rings is 1. The second kappa shape index (κ2) is 7.53. The first-order valence-corrected chi connectivity index (χ1v) is 7.63. The van der Waals surface area contributed by atoms with Gasteiger partial charge in [0.1, 0.15) is 0 Å². The first-order valence-electron chi connectivity index (χ1n) is 7.63. The molecule has 1 saturated carbocycles. The molecule has 6 N–H and O–H groups in total. The van der Waals surface area contributed by atoms with E-state index in [2.05, 4.69) is 10.6 Å². The molecule has 0 bridgehead atoms. The number of nitrogens with one attached hydrogen (secondary N) is 2. The lowest BCUT2D eigenvalue weighted by atomic mass is 10.1. The van der Waals surface area contributed by atoms with Crippen molar-refractivity contribution in [2.24, 2.45) is 11.5 Å². The molecular formula is C16H23N5O2. The van der Waals surface area contributed by atoms with Gasteiger partial charge in [0.2, 0.25) is 0 Å². The van der Waals surface area contributed by atoms with Crippen molar-refractivity contribution in [3.05, 3.63) is 36.0 Å². The number of anilines is 1. The monoisotopic (exact) mass is 317 g/mol. The van der Waals surface area contributed by atoms with Gasteiger partial charge in [-0.25, -0.2) is 9.59 Å². The molecule has 0 aliphatic heterocycles. The summed E-state index contributed by atoms with van der Waals surface area (Å²) in [6.45, 7) is 0. The molecule has 7 heteroatoms. The summed E-state index contributed by atoms with van der Waals surface area (Å²) in [5.74, 6) is 0. The lowest BCUT2D eigenvalue weighted by molar-refractivity contribution is 0.194. The Balaban J connectivity index is 1.98. The molecule has 0 atom stereocenters. The Bertz CT molecular complexity index is 608. The van der Waals surface area contributed by atoms with Crippen LogP contribution in [0.4, 0.5) is 15.3 Å². The molecule has 0 aromatic heterocycles. The minimum atomic E-state index is -0.642. The van der Waals surface area contributed by atoms with E-state index in [0.29, 0.717) is 23.0 Å². The number of amides is 4. The van der Waals surface area contributed by atoms with Crippen molar-refractivity contribution in [1.29, 1.82) is 0 Å². The van der Waals surface area contributed by atoms with Crippen LogP contribution in [0, 0.1) is 0 Å². The molecule has 1 aromatic carbocycles. The second-order valence-corrected chi connectivity index (χ2v) is 5.67. The van der Waals surface area contributed by atoms with E-state index in [1.165, 1.54) is 19.0 Å². The zero-order valence-corrected chi connectivity index (χ0v) is 13.2. The van der Waals surface area contributed by atoms with E-state index in [4.69, 9.17) is 11.5 Å². The summed E-state index contributed by atoms with van der Waals surface area (Å²) in [6, 6.07) is 6.39. The normalized spacial score (nSPS) is 15.3. The van der Waals surface area contributed by atoms with Crippen molar-refractivity contribution in [3.63, 3.8) is 0 Å². The SMILES string of the molecule is CN(C(=O)N/C=C(\N)c1cccc(NC(N)=O)c1)C1CCCC1. The Kier molecular flexibility index (Phi) is 5.46. The predicted octanol–water partition coefficient (Wildman–Crippen LogP) is 2.02. The largest absolute Gasteiger partial charge is 0.397 e. The van der Waals surface area contributed by atoms with Crippen molar-refractivity contribution in [1.82, 2.24) is 10.2 Å². The van der Waals surface area contributed by atoms with E-state index >= 15 is 0 Å². The van der Waals surface area contributed by atoms with E-state index in [9.17, 15) is 9.59 Å². The first kappa shape index (κ1) is 16.7. The van der Waals surface area contributed by atoms with Crippen molar-refractivity contribution in [2.75, 3.05) is 12.4 Å². The Hall–Kier alpha value is -2.70. The van der Waals surface area contributed by atoms with Crippen LogP contribution in [-0.2, 0) is 0 Å². The Morgan fingerprint density at radius 3 is 2.61 bits per heavy atom. The average Bonchev–Trinajstić information content (AvgIpc) is 3.05. The number of rotatable bonds is 4. The fourth-order valence-corrected chi connectivity index (χ4v) is 2.70. The van der Waals surface area contributed by atoms with E-state index in [-0.39, 0.29) is 6.03 Å². The molecule has 0 saturated heterocycles. The van der Waals surface area contributed by atoms with Gasteiger partial charge in [-0.15, -0.1) is 0 Å². The molecule has 124 valence electrons. The Morgan fingerprint density at radius 1 is 1.26 bits per heavy atom. The fraction of sp³-hybridized carbons (Fsp3) is 0.375. The average molecular weight is 317 g/mol. The summed E-state index contributed by atoms with van der Waals surface area (Å²) in [5.41, 5.74) is 12.7. The van der Waals surface area contributed by atoms with Gasteiger partial charge < -0.3 is 27.0 Å². The molecule has 23 heavy (non-hydrogen) atoms. The molecule has 1 aromatic rings. The lowest BCUT2D eigenvalue weighted by Gasteiger charge is -2.23. The summed E-state index contributed by atoms with van der Waals surface area (Å²) < 4.78 is 0. The molecule has 1 fully saturated rings. The number of carbonyl (C=O) groups excluding carboxylic acids is 2. The number of nitrogens with two attached hydrogens (primary N) is 2. The quantitative estimate of drug-likeness (QED) is 0.681. The van der Waals surface area contributed by atoms with Gasteiger partial charge in [-0.3, -0.25) is 0 Å². The van der Waals surface area contributed by atoms with Crippen molar-refractivity contribution in [2.45, 2.75) is 31.7 Å². The Labute approximate surface area is 135 Å². The van der Waals surface area contributed by atoms with Crippen LogP contribution in [-0.4, -0.2) is 30.1 Å². The highest BCUT2D eigenvalue weighted by molar-refractivity contribution is 5.88. The minimum absolute atomic E-state index is 0.175. The molecule has 2 rings (SSSR count). The number of carbonyl (C=O) groups is 2. The van der Waals surface area contributed by atoms with Gasteiger partial charge in [-0.05, 0) is 25.0 Å². The molecule has 1 aliphatic rings. The van der Waals surface area contributed by atoms with E-state index in [1.807, 2.05) is 0 Å². The Morgan fingerprint density at radius 2 is 1.96 bits per heavy atom. The second-order valence-electron chi connectivity index (χ2n) is 5.67. The number of nitrogens with zero attached hydrogens (tertiary/aromatic N) is 1. The van der Waals surface area contributed by atoms with Gasteiger partial charge in [0.05, 0.1) is 5.70 Å². The third-order valence-electron chi connectivity index (χ3n) is 4.01. The zero-order chi connectivity index (χ0) is 16.8. The first-order chi connectivity index (χ1) is 11.0. The van der Waals surface area contributed by atoms with Gasteiger partial charge >= 0.3 is 12.1 Å². The third kappa shape index (κ3) is 4.64. The molecule has 0 spiro atoms. The van der Waals surface area contributed by atoms with E-state index < -0.39 is 6.03 Å². The summed E-state index contributed by atoms with van der Waals surface area (Å²) in [7, 11) is 1.80. The topological polar surface area (TPSA) is 113 Å². The van der Waals surface area contributed by atoms with Crippen molar-refractivity contribution >= 4 is 23.4 Å². The molecule has 4 amide bonds. The van der Waals surface area contributed by atoms with Gasteiger partial charge in [-0.2, -0.15) is 0 Å². The number of urea groups is 2. The van der Waals surface area contributed by atoms with Gasteiger partial charge in [-0.1, -0.05) is 25.0 Å². The van der Waals surface area contributed by atoms with Crippen LogP contribution in [0.15, 0.2) is 30.5 Å². The highest BCUT2D eigenvalue weighted by atomic mass is 16.2. The predicted molar refractivity (Wildman–Crippen MR) is 90.4 cm³/mol. The molecule has 7 nitrogen and oxygen atoms in total. The molecule has 0 heterocycles. The van der Waals surface area contributed by atoms with Crippen molar-refractivity contribution < 1.29 is 9.59 Å². The summed E-state index contributed by atoms with van der Waals surface area (Å²) in [6.07, 6.45) is 5.89. The maximum Gasteiger partial charge on any atom is 0.321 e. The van der Waals surface area contributed by atoms with Gasteiger partial charge in [0.15, 0.2) is 0 Å². The van der Waals surface area contributed by atoms with Crippen LogP contribution in [0.3, 0.4) is 0 Å². The number of hydrogen-bond acceptors (Lipinski definition) is 3. The standard InChI is InChI=1S/C16H23N5O2/c1-21(13-7-2-3-8-13)16(23)19-10-14(17)11-5-4-6-12(9-11)20-15(18)22/h4-6,9-10,13H,2-3,7-8,17H2,1H3,(H,19,23)(H3,18,20,22)/b14-10-. The maximum atomic E-state index is 12.1. The van der Waals surface area contributed by atoms with Crippen LogP contribution in [0.5, 0.6) is 0 Å². The summed E-state index contributed by atoms with van der Waals surface area (Å²) in [4.78, 5) is 24.7. The zero-order valence-electron chi connectivity index (χ0n) is 13.2. The molecule has 0 unspecified atom stereocenters. The smallest absolute Gasteiger partial charge is 0.321 e. The maximum absolute atomic E-state index is 12.1. The minimum Gasteiger partial charge on any atom is -0.397 e. The fourth-order valence-electron chi connectivity index (χ4n) is 2.70. The molecular weight excluding hydrogens is 294 g/mol. The highest BCUT2D eigenvalue weighted by Crippen LogP contribution is 2.22. The lowest BCUT2D eigenvalue weighted by Crippen LogP contribution is -2.40. The summed E-state index contributed by atoms with van der Waals surface area (Å²) >= 11 is 0. The van der Waals surface area contributed by atoms with Gasteiger partial charge in [0.25, 0.3) is 0 Å². The third-order valence-corrected chi connectivity index (χ3v) is 4.01. The highest BCUT2D eigenvalue weighted by Gasteiger charge is 2.22. The number of hydrogen-bond donors (Lipinski definition) is 4. The van der Waals surface area contributed by atoms with E-state index in [1.54, 1.807) is 36.2 Å². The van der Waals surface area contributed by atoms with Crippen LogP contribution < -0.4 is 22.1 Å². The summed E-state index contributed by atoms with van der Waals surface area (Å²) in [5, 5.41) is 5.19.